The summed E-state index contributed by atoms with van der Waals surface area (Å²) in [5.41, 5.74) is 0.533. The fraction of sp³-hybridized carbons (Fsp3) is 0.300. The molecule has 0 radical (unpaired) electrons. The molecule has 1 aromatic carbocycles. The van der Waals surface area contributed by atoms with Crippen LogP contribution in [0.2, 0.25) is 0 Å². The number of esters is 1. The Hall–Kier alpha value is -1.51. The minimum absolute atomic E-state index is 0.295. The summed E-state index contributed by atoms with van der Waals surface area (Å²) in [5.74, 6) is 1.16. The first kappa shape index (κ1) is 8.10. The Kier molecular flexibility index (Phi) is 1.93. The molecule has 0 bridgehead atoms. The first-order chi connectivity index (χ1) is 6.33. The van der Waals surface area contributed by atoms with Crippen LogP contribution < -0.4 is 4.74 Å². The highest BCUT2D eigenvalue weighted by molar-refractivity contribution is 5.95. The highest BCUT2D eigenvalue weighted by atomic mass is 16.6. The molecule has 0 atom stereocenters. The smallest absolute Gasteiger partial charge is 0.342 e. The van der Waals surface area contributed by atoms with E-state index in [4.69, 9.17) is 9.47 Å². The standard InChI is InChI=1S/C10H10O3/c1-2-6-12-10(11)7-4-3-5-8-9(7)13-8/h3-5H,2,6H2,1H3. The topological polar surface area (TPSA) is 38.8 Å². The molecule has 1 aliphatic heterocycles. The predicted molar refractivity (Wildman–Crippen MR) is 47.1 cm³/mol. The van der Waals surface area contributed by atoms with Gasteiger partial charge in [-0.05, 0) is 18.6 Å². The van der Waals surface area contributed by atoms with Gasteiger partial charge in [-0.25, -0.2) is 4.79 Å². The van der Waals surface area contributed by atoms with Crippen molar-refractivity contribution >= 4 is 5.97 Å². The van der Waals surface area contributed by atoms with E-state index in [1.54, 1.807) is 12.1 Å². The van der Waals surface area contributed by atoms with Crippen LogP contribution in [-0.4, -0.2) is 12.6 Å². The van der Waals surface area contributed by atoms with Gasteiger partial charge in [-0.3, -0.25) is 0 Å². The molecule has 13 heavy (non-hydrogen) atoms. The van der Waals surface area contributed by atoms with Gasteiger partial charge >= 0.3 is 5.97 Å². The van der Waals surface area contributed by atoms with E-state index >= 15 is 0 Å². The fourth-order valence-corrected chi connectivity index (χ4v) is 1.12. The maximum atomic E-state index is 11.4. The molecule has 1 aromatic rings. The Morgan fingerprint density at radius 3 is 3.15 bits per heavy atom. The van der Waals surface area contributed by atoms with Crippen LogP contribution in [0.3, 0.4) is 0 Å². The van der Waals surface area contributed by atoms with Gasteiger partial charge in [0.1, 0.15) is 5.56 Å². The van der Waals surface area contributed by atoms with Crippen molar-refractivity contribution in [3.8, 4) is 11.5 Å². The van der Waals surface area contributed by atoms with E-state index in [2.05, 4.69) is 0 Å². The van der Waals surface area contributed by atoms with Crippen LogP contribution in [0.5, 0.6) is 11.5 Å². The van der Waals surface area contributed by atoms with Gasteiger partial charge in [0.2, 0.25) is 0 Å². The summed E-state index contributed by atoms with van der Waals surface area (Å²) in [4.78, 5) is 11.4. The molecule has 0 unspecified atom stereocenters. The average Bonchev–Trinajstić information content (AvgIpc) is 2.92. The van der Waals surface area contributed by atoms with E-state index in [1.165, 1.54) is 0 Å². The number of carbonyl (C=O) groups is 1. The largest absolute Gasteiger partial charge is 0.462 e. The molecule has 2 rings (SSSR count). The molecule has 0 amide bonds. The van der Waals surface area contributed by atoms with E-state index < -0.39 is 0 Å². The third kappa shape index (κ3) is 1.49. The molecule has 0 aromatic heterocycles. The number of benzene rings is 1. The summed E-state index contributed by atoms with van der Waals surface area (Å²) in [7, 11) is 0. The van der Waals surface area contributed by atoms with Crippen molar-refractivity contribution in [3.63, 3.8) is 0 Å². The Morgan fingerprint density at radius 1 is 1.54 bits per heavy atom. The van der Waals surface area contributed by atoms with Crippen LogP contribution in [0, 0.1) is 0 Å². The number of hydrogen-bond donors (Lipinski definition) is 0. The SMILES string of the molecule is CCCOC(=O)c1cccc2c1O2. The van der Waals surface area contributed by atoms with E-state index in [1.807, 2.05) is 13.0 Å². The Balaban J connectivity index is 2.10. The third-order valence-electron chi connectivity index (χ3n) is 1.81. The Morgan fingerprint density at radius 2 is 2.38 bits per heavy atom. The molecular weight excluding hydrogens is 168 g/mol. The zero-order valence-corrected chi connectivity index (χ0v) is 7.37. The van der Waals surface area contributed by atoms with Crippen molar-refractivity contribution in [2.75, 3.05) is 6.61 Å². The maximum Gasteiger partial charge on any atom is 0.342 e. The molecule has 0 spiro atoms. The van der Waals surface area contributed by atoms with Gasteiger partial charge in [-0.15, -0.1) is 0 Å². The van der Waals surface area contributed by atoms with E-state index in [9.17, 15) is 4.79 Å². The summed E-state index contributed by atoms with van der Waals surface area (Å²) in [6.45, 7) is 2.42. The van der Waals surface area contributed by atoms with E-state index in [-0.39, 0.29) is 5.97 Å². The predicted octanol–water partition coefficient (Wildman–Crippen LogP) is 2.36. The molecule has 0 saturated heterocycles. The van der Waals surface area contributed by atoms with Crippen molar-refractivity contribution in [3.05, 3.63) is 23.8 Å². The van der Waals surface area contributed by atoms with Crippen molar-refractivity contribution < 1.29 is 14.3 Å². The average molecular weight is 178 g/mol. The lowest BCUT2D eigenvalue weighted by Crippen LogP contribution is -2.04. The molecule has 68 valence electrons. The van der Waals surface area contributed by atoms with Gasteiger partial charge < -0.3 is 9.47 Å². The maximum absolute atomic E-state index is 11.4. The lowest BCUT2D eigenvalue weighted by Gasteiger charge is -1.99. The second-order valence-electron chi connectivity index (χ2n) is 2.87. The molecule has 1 aliphatic rings. The molecule has 3 heteroatoms. The van der Waals surface area contributed by atoms with Gasteiger partial charge in [-0.2, -0.15) is 0 Å². The van der Waals surface area contributed by atoms with E-state index in [0.717, 1.165) is 12.2 Å². The number of fused-ring (bicyclic) bond motifs is 1. The summed E-state index contributed by atoms with van der Waals surface area (Å²) in [6.07, 6.45) is 0.835. The van der Waals surface area contributed by atoms with Crippen LogP contribution in [0.1, 0.15) is 23.7 Å². The van der Waals surface area contributed by atoms with Gasteiger partial charge in [0.25, 0.3) is 0 Å². The number of carbonyl (C=O) groups excluding carboxylic acids is 1. The van der Waals surface area contributed by atoms with Gasteiger partial charge in [0.05, 0.1) is 6.61 Å². The first-order valence-electron chi connectivity index (χ1n) is 4.31. The number of rotatable bonds is 3. The molecular formula is C10H10O3. The van der Waals surface area contributed by atoms with Gasteiger partial charge in [-0.1, -0.05) is 13.0 Å². The van der Waals surface area contributed by atoms with Crippen LogP contribution >= 0.6 is 0 Å². The van der Waals surface area contributed by atoms with Crippen molar-refractivity contribution in [1.82, 2.24) is 0 Å². The first-order valence-corrected chi connectivity index (χ1v) is 4.31. The zero-order valence-electron chi connectivity index (χ0n) is 7.37. The summed E-state index contributed by atoms with van der Waals surface area (Å²) >= 11 is 0. The van der Waals surface area contributed by atoms with Crippen LogP contribution in [0.25, 0.3) is 0 Å². The Bertz CT molecular complexity index is 344. The third-order valence-corrected chi connectivity index (χ3v) is 1.81. The lowest BCUT2D eigenvalue weighted by molar-refractivity contribution is 0.0505. The summed E-state index contributed by atoms with van der Waals surface area (Å²) in [6, 6.07) is 5.32. The quantitative estimate of drug-likeness (QED) is 0.535. The van der Waals surface area contributed by atoms with Crippen LogP contribution in [0.4, 0.5) is 0 Å². The van der Waals surface area contributed by atoms with Gasteiger partial charge in [0, 0.05) is 0 Å². The molecule has 0 N–H and O–H groups in total. The van der Waals surface area contributed by atoms with Crippen molar-refractivity contribution in [2.45, 2.75) is 13.3 Å². The molecule has 3 nitrogen and oxygen atoms in total. The minimum atomic E-state index is -0.295. The summed E-state index contributed by atoms with van der Waals surface area (Å²) in [5, 5.41) is 0. The van der Waals surface area contributed by atoms with Crippen LogP contribution in [-0.2, 0) is 4.74 Å². The second-order valence-corrected chi connectivity index (χ2v) is 2.87. The lowest BCUT2D eigenvalue weighted by atomic mass is 10.2. The van der Waals surface area contributed by atoms with Gasteiger partial charge in [0.15, 0.2) is 11.5 Å². The molecule has 1 heterocycles. The highest BCUT2D eigenvalue weighted by Crippen LogP contribution is 2.47. The molecule has 0 fully saturated rings. The van der Waals surface area contributed by atoms with Crippen LogP contribution in [0.15, 0.2) is 18.2 Å². The highest BCUT2D eigenvalue weighted by Gasteiger charge is 2.28. The Labute approximate surface area is 76.3 Å². The van der Waals surface area contributed by atoms with E-state index in [0.29, 0.717) is 17.9 Å². The normalized spacial score (nSPS) is 11.5. The number of ether oxygens (including phenoxy) is 2. The number of para-hydroxylation sites is 1. The zero-order chi connectivity index (χ0) is 9.26. The minimum Gasteiger partial charge on any atom is -0.462 e. The van der Waals surface area contributed by atoms with Crippen molar-refractivity contribution in [2.24, 2.45) is 0 Å². The number of hydrogen-bond acceptors (Lipinski definition) is 3. The molecule has 0 aliphatic carbocycles. The molecule has 0 saturated carbocycles. The monoisotopic (exact) mass is 178 g/mol. The fourth-order valence-electron chi connectivity index (χ4n) is 1.12. The second kappa shape index (κ2) is 3.09. The van der Waals surface area contributed by atoms with Crippen molar-refractivity contribution in [1.29, 1.82) is 0 Å². The summed E-state index contributed by atoms with van der Waals surface area (Å²) < 4.78 is 10.0.